The summed E-state index contributed by atoms with van der Waals surface area (Å²) in [6.07, 6.45) is 3.24. The first-order valence-electron chi connectivity index (χ1n) is 6.18. The maximum atomic E-state index is 12.4. The molecule has 1 amide bonds. The first-order chi connectivity index (χ1) is 8.65. The van der Waals surface area contributed by atoms with Crippen LogP contribution in [0.15, 0.2) is 16.7 Å². The standard InChI is InChI=1S/C13H20ClNO3/c1-4-10(5-2)15(7-9-17-3)13(16)11-6-8-18-12(11)14/h6,8,10H,4-5,7,9H2,1-3H3. The van der Waals surface area contributed by atoms with Gasteiger partial charge in [0.2, 0.25) is 5.22 Å². The highest BCUT2D eigenvalue weighted by molar-refractivity contribution is 6.32. The van der Waals surface area contributed by atoms with Gasteiger partial charge in [-0.05, 0) is 30.5 Å². The van der Waals surface area contributed by atoms with Crippen LogP contribution in [0.1, 0.15) is 37.0 Å². The zero-order chi connectivity index (χ0) is 13.5. The molecule has 1 rings (SSSR count). The van der Waals surface area contributed by atoms with Crippen LogP contribution in [-0.4, -0.2) is 37.1 Å². The second-order valence-electron chi connectivity index (χ2n) is 4.07. The molecule has 0 atom stereocenters. The Bertz CT molecular complexity index is 374. The fourth-order valence-electron chi connectivity index (χ4n) is 1.97. The van der Waals surface area contributed by atoms with Crippen molar-refractivity contribution < 1.29 is 13.9 Å². The van der Waals surface area contributed by atoms with Gasteiger partial charge in [0.05, 0.1) is 18.4 Å². The summed E-state index contributed by atoms with van der Waals surface area (Å²) in [5, 5.41) is 0.147. The summed E-state index contributed by atoms with van der Waals surface area (Å²) < 4.78 is 10.0. The second-order valence-corrected chi connectivity index (χ2v) is 4.41. The molecule has 102 valence electrons. The van der Waals surface area contributed by atoms with Gasteiger partial charge >= 0.3 is 0 Å². The summed E-state index contributed by atoms with van der Waals surface area (Å²) >= 11 is 5.86. The lowest BCUT2D eigenvalue weighted by Crippen LogP contribution is -2.41. The third-order valence-corrected chi connectivity index (χ3v) is 3.32. The van der Waals surface area contributed by atoms with E-state index in [1.165, 1.54) is 6.26 Å². The van der Waals surface area contributed by atoms with Crippen molar-refractivity contribution >= 4 is 17.5 Å². The molecule has 0 saturated carbocycles. The molecular weight excluding hydrogens is 254 g/mol. The van der Waals surface area contributed by atoms with Crippen LogP contribution in [0.2, 0.25) is 5.22 Å². The molecule has 0 aliphatic rings. The summed E-state index contributed by atoms with van der Waals surface area (Å²) in [5.74, 6) is -0.0977. The molecular formula is C13H20ClNO3. The lowest BCUT2D eigenvalue weighted by molar-refractivity contribution is 0.0589. The number of carbonyl (C=O) groups is 1. The van der Waals surface area contributed by atoms with E-state index in [1.54, 1.807) is 18.1 Å². The fraction of sp³-hybridized carbons (Fsp3) is 0.615. The number of amides is 1. The van der Waals surface area contributed by atoms with Crippen LogP contribution in [0.25, 0.3) is 0 Å². The van der Waals surface area contributed by atoms with Crippen LogP contribution in [0.5, 0.6) is 0 Å². The highest BCUT2D eigenvalue weighted by Gasteiger charge is 2.24. The minimum atomic E-state index is -0.0977. The van der Waals surface area contributed by atoms with Gasteiger partial charge < -0.3 is 14.1 Å². The van der Waals surface area contributed by atoms with Gasteiger partial charge in [-0.3, -0.25) is 4.79 Å². The molecule has 0 unspecified atom stereocenters. The lowest BCUT2D eigenvalue weighted by atomic mass is 10.1. The van der Waals surface area contributed by atoms with Gasteiger partial charge in [0.1, 0.15) is 0 Å². The Morgan fingerprint density at radius 2 is 2.17 bits per heavy atom. The molecule has 0 aliphatic heterocycles. The Morgan fingerprint density at radius 1 is 1.50 bits per heavy atom. The van der Waals surface area contributed by atoms with Gasteiger partial charge in [-0.15, -0.1) is 0 Å². The Morgan fingerprint density at radius 3 is 2.61 bits per heavy atom. The quantitative estimate of drug-likeness (QED) is 0.766. The third-order valence-electron chi connectivity index (χ3n) is 3.03. The van der Waals surface area contributed by atoms with E-state index in [0.717, 1.165) is 12.8 Å². The number of nitrogens with zero attached hydrogens (tertiary/aromatic N) is 1. The van der Waals surface area contributed by atoms with Crippen molar-refractivity contribution in [2.45, 2.75) is 32.7 Å². The molecule has 0 fully saturated rings. The van der Waals surface area contributed by atoms with E-state index < -0.39 is 0 Å². The zero-order valence-corrected chi connectivity index (χ0v) is 11.9. The predicted molar refractivity (Wildman–Crippen MR) is 71.0 cm³/mol. The Labute approximate surface area is 113 Å². The van der Waals surface area contributed by atoms with Crippen molar-refractivity contribution in [1.82, 2.24) is 4.90 Å². The summed E-state index contributed by atoms with van der Waals surface area (Å²) in [6, 6.07) is 1.80. The number of furan rings is 1. The predicted octanol–water partition coefficient (Wildman–Crippen LogP) is 3.21. The minimum absolute atomic E-state index is 0.0977. The fourth-order valence-corrected chi connectivity index (χ4v) is 2.17. The van der Waals surface area contributed by atoms with Gasteiger partial charge in [-0.25, -0.2) is 0 Å². The summed E-state index contributed by atoms with van der Waals surface area (Å²) in [7, 11) is 1.63. The van der Waals surface area contributed by atoms with Crippen molar-refractivity contribution in [3.8, 4) is 0 Å². The van der Waals surface area contributed by atoms with Crippen molar-refractivity contribution in [3.63, 3.8) is 0 Å². The number of hydrogen-bond donors (Lipinski definition) is 0. The van der Waals surface area contributed by atoms with Crippen molar-refractivity contribution in [2.24, 2.45) is 0 Å². The summed E-state index contributed by atoms with van der Waals surface area (Å²) in [6.45, 7) is 5.21. The van der Waals surface area contributed by atoms with E-state index in [0.29, 0.717) is 18.7 Å². The Balaban J connectivity index is 2.88. The summed E-state index contributed by atoms with van der Waals surface area (Å²) in [5.41, 5.74) is 0.416. The zero-order valence-electron chi connectivity index (χ0n) is 11.1. The van der Waals surface area contributed by atoms with Crippen LogP contribution in [0, 0.1) is 0 Å². The van der Waals surface area contributed by atoms with Gasteiger partial charge in [0.25, 0.3) is 5.91 Å². The molecule has 0 radical (unpaired) electrons. The molecule has 5 heteroatoms. The normalized spacial score (nSPS) is 10.9. The van der Waals surface area contributed by atoms with E-state index in [-0.39, 0.29) is 17.2 Å². The molecule has 0 bridgehead atoms. The van der Waals surface area contributed by atoms with Crippen LogP contribution in [-0.2, 0) is 4.74 Å². The highest BCUT2D eigenvalue weighted by atomic mass is 35.5. The highest BCUT2D eigenvalue weighted by Crippen LogP contribution is 2.21. The Hall–Kier alpha value is -1.00. The van der Waals surface area contributed by atoms with Gasteiger partial charge in [-0.2, -0.15) is 0 Å². The number of methoxy groups -OCH3 is 1. The molecule has 0 aliphatic carbocycles. The lowest BCUT2D eigenvalue weighted by Gasteiger charge is -2.30. The van der Waals surface area contributed by atoms with E-state index in [9.17, 15) is 4.79 Å². The SMILES string of the molecule is CCC(CC)N(CCOC)C(=O)c1ccoc1Cl. The monoisotopic (exact) mass is 273 g/mol. The van der Waals surface area contributed by atoms with Crippen molar-refractivity contribution in [2.75, 3.05) is 20.3 Å². The average Bonchev–Trinajstić information content (AvgIpc) is 2.80. The molecule has 1 heterocycles. The van der Waals surface area contributed by atoms with Gasteiger partial charge in [0, 0.05) is 19.7 Å². The van der Waals surface area contributed by atoms with Crippen LogP contribution >= 0.6 is 11.6 Å². The number of halogens is 1. The molecule has 4 nitrogen and oxygen atoms in total. The van der Waals surface area contributed by atoms with E-state index in [1.807, 2.05) is 0 Å². The maximum absolute atomic E-state index is 12.4. The van der Waals surface area contributed by atoms with Crippen LogP contribution in [0.3, 0.4) is 0 Å². The maximum Gasteiger partial charge on any atom is 0.259 e. The van der Waals surface area contributed by atoms with Gasteiger partial charge in [0.15, 0.2) is 0 Å². The molecule has 0 spiro atoms. The van der Waals surface area contributed by atoms with Gasteiger partial charge in [-0.1, -0.05) is 13.8 Å². The molecule has 0 saturated heterocycles. The number of ether oxygens (including phenoxy) is 1. The van der Waals surface area contributed by atoms with E-state index in [4.69, 9.17) is 20.8 Å². The largest absolute Gasteiger partial charge is 0.452 e. The smallest absolute Gasteiger partial charge is 0.259 e. The number of carbonyl (C=O) groups excluding carboxylic acids is 1. The number of rotatable bonds is 7. The molecule has 1 aromatic rings. The first kappa shape index (κ1) is 15.1. The van der Waals surface area contributed by atoms with Crippen molar-refractivity contribution in [3.05, 3.63) is 23.1 Å². The van der Waals surface area contributed by atoms with E-state index in [2.05, 4.69) is 13.8 Å². The Kier molecular flexibility index (Phi) is 6.22. The average molecular weight is 274 g/mol. The minimum Gasteiger partial charge on any atom is -0.452 e. The molecule has 18 heavy (non-hydrogen) atoms. The molecule has 0 aromatic carbocycles. The topological polar surface area (TPSA) is 42.7 Å². The third kappa shape index (κ3) is 3.50. The first-order valence-corrected chi connectivity index (χ1v) is 6.56. The van der Waals surface area contributed by atoms with E-state index >= 15 is 0 Å². The second kappa shape index (κ2) is 7.44. The molecule has 1 aromatic heterocycles. The molecule has 0 N–H and O–H groups in total. The van der Waals surface area contributed by atoms with Crippen LogP contribution < -0.4 is 0 Å². The van der Waals surface area contributed by atoms with Crippen molar-refractivity contribution in [1.29, 1.82) is 0 Å². The number of hydrogen-bond acceptors (Lipinski definition) is 3. The summed E-state index contributed by atoms with van der Waals surface area (Å²) in [4.78, 5) is 14.2. The van der Waals surface area contributed by atoms with Crippen LogP contribution in [0.4, 0.5) is 0 Å².